The Morgan fingerprint density at radius 3 is 2.33 bits per heavy atom. The van der Waals surface area contributed by atoms with E-state index >= 15 is 0 Å². The molecule has 2 heterocycles. The number of ether oxygens (including phenoxy) is 1. The predicted octanol–water partition coefficient (Wildman–Crippen LogP) is 4.86. The van der Waals surface area contributed by atoms with Gasteiger partial charge in [0.15, 0.2) is 0 Å². The topological polar surface area (TPSA) is 140 Å². The van der Waals surface area contributed by atoms with E-state index in [0.717, 1.165) is 29.1 Å². The van der Waals surface area contributed by atoms with Crippen molar-refractivity contribution in [2.45, 2.75) is 80.8 Å². The third-order valence-electron chi connectivity index (χ3n) is 7.80. The number of nitrogens with zero attached hydrogens (tertiary/aromatic N) is 2. The van der Waals surface area contributed by atoms with Gasteiger partial charge in [0.1, 0.15) is 29.8 Å². The van der Waals surface area contributed by atoms with Gasteiger partial charge in [-0.2, -0.15) is 28.5 Å². The van der Waals surface area contributed by atoms with Crippen molar-refractivity contribution in [3.63, 3.8) is 0 Å². The molecule has 1 aliphatic heterocycles. The van der Waals surface area contributed by atoms with Crippen molar-refractivity contribution in [3.05, 3.63) is 94.0 Å². The molecule has 0 spiro atoms. The number of carbonyl (C=O) groups excluding carboxylic acids is 1. The second-order valence-corrected chi connectivity index (χ2v) is 14.7. The van der Waals surface area contributed by atoms with Gasteiger partial charge in [0, 0.05) is 41.8 Å². The lowest BCUT2D eigenvalue weighted by Crippen LogP contribution is -2.38. The fourth-order valence-corrected chi connectivity index (χ4v) is 7.76. The van der Waals surface area contributed by atoms with Crippen LogP contribution >= 0.6 is 23.5 Å². The van der Waals surface area contributed by atoms with Crippen molar-refractivity contribution in [2.75, 3.05) is 17.7 Å². The number of hydrogen-bond donors (Lipinski definition) is 4. The Bertz CT molecular complexity index is 1480. The molecular weight excluding hydrogens is 635 g/mol. The van der Waals surface area contributed by atoms with E-state index in [2.05, 4.69) is 10.3 Å². The number of thioether (sulfide) groups is 2. The van der Waals surface area contributed by atoms with E-state index in [1.807, 2.05) is 13.8 Å². The highest BCUT2D eigenvalue weighted by Gasteiger charge is 2.35. The van der Waals surface area contributed by atoms with Gasteiger partial charge in [0.25, 0.3) is 0 Å². The molecule has 1 fully saturated rings. The number of anilines is 1. The van der Waals surface area contributed by atoms with Crippen LogP contribution in [0.25, 0.3) is 0 Å². The molecule has 5 N–H and O–H groups in total. The van der Waals surface area contributed by atoms with Crippen LogP contribution in [-0.2, 0) is 21.0 Å². The number of hydrogen-bond acceptors (Lipinski definition) is 9. The average Bonchev–Trinajstić information content (AvgIpc) is 3.37. The lowest BCUT2D eigenvalue weighted by Gasteiger charge is -2.32. The standard InChI is InChI=1S/C33H42F2N4O5S2/c1-33(2,17-30(42)37-29-11-13-39(32(43)38-29)31-15-26(41)27(18-40)44-31)16-25(36)28(46-20-22-5-9-24(35)10-6-22)12-14-45-19-21-3-7-23(34)8-4-21/h3-11,13,25-28,31,40-41H,12,14-20,36H2,1-2H3,(H,37,38,42,43)/t25?,26?,27-,28?,31-/m1/s1. The van der Waals surface area contributed by atoms with Gasteiger partial charge < -0.3 is 26.0 Å². The summed E-state index contributed by atoms with van der Waals surface area (Å²) in [5.74, 6) is 1.53. The fraction of sp³-hybridized carbons (Fsp3) is 0.485. The summed E-state index contributed by atoms with van der Waals surface area (Å²) in [4.78, 5) is 29.6. The summed E-state index contributed by atoms with van der Waals surface area (Å²) < 4.78 is 33.4. The molecule has 2 aromatic carbocycles. The molecule has 1 aromatic heterocycles. The average molecular weight is 677 g/mol. The molecule has 5 atom stereocenters. The van der Waals surface area contributed by atoms with Gasteiger partial charge >= 0.3 is 5.69 Å². The number of aliphatic hydroxyl groups is 2. The molecule has 3 aromatic rings. The first-order valence-electron chi connectivity index (χ1n) is 15.2. The van der Waals surface area contributed by atoms with E-state index in [-0.39, 0.29) is 54.1 Å². The van der Waals surface area contributed by atoms with Gasteiger partial charge in [-0.3, -0.25) is 9.36 Å². The second kappa shape index (κ2) is 16.8. The molecule has 0 radical (unpaired) electrons. The van der Waals surface area contributed by atoms with E-state index in [1.54, 1.807) is 47.8 Å². The number of nitrogens with two attached hydrogens (primary N) is 1. The van der Waals surface area contributed by atoms with Crippen LogP contribution in [-0.4, -0.2) is 61.5 Å². The summed E-state index contributed by atoms with van der Waals surface area (Å²) in [6.07, 6.45) is 0.697. The predicted molar refractivity (Wildman–Crippen MR) is 178 cm³/mol. The lowest BCUT2D eigenvalue weighted by molar-refractivity contribution is -0.118. The normalized spacial score (nSPS) is 19.6. The van der Waals surface area contributed by atoms with Crippen molar-refractivity contribution >= 4 is 35.2 Å². The monoisotopic (exact) mass is 676 g/mol. The zero-order valence-electron chi connectivity index (χ0n) is 26.0. The number of carbonyl (C=O) groups is 1. The highest BCUT2D eigenvalue weighted by atomic mass is 32.2. The van der Waals surface area contributed by atoms with Crippen molar-refractivity contribution in [2.24, 2.45) is 11.1 Å². The van der Waals surface area contributed by atoms with E-state index in [0.29, 0.717) is 12.2 Å². The molecule has 1 aliphatic rings. The number of aromatic nitrogens is 2. The zero-order chi connectivity index (χ0) is 33.3. The van der Waals surface area contributed by atoms with Crippen molar-refractivity contribution < 1.29 is 28.5 Å². The molecule has 0 bridgehead atoms. The minimum atomic E-state index is -0.893. The first kappa shape index (κ1) is 36.0. The van der Waals surface area contributed by atoms with Gasteiger partial charge in [-0.15, -0.1) is 0 Å². The number of halogens is 2. The van der Waals surface area contributed by atoms with Crippen molar-refractivity contribution in [3.8, 4) is 0 Å². The van der Waals surface area contributed by atoms with Crippen LogP contribution in [0.4, 0.5) is 14.6 Å². The summed E-state index contributed by atoms with van der Waals surface area (Å²) in [5.41, 5.74) is 7.72. The Morgan fingerprint density at radius 1 is 1.11 bits per heavy atom. The van der Waals surface area contributed by atoms with Crippen LogP contribution in [0.3, 0.4) is 0 Å². The highest BCUT2D eigenvalue weighted by molar-refractivity contribution is 7.99. The molecule has 0 saturated carbocycles. The Hall–Kier alpha value is -2.81. The first-order chi connectivity index (χ1) is 21.9. The van der Waals surface area contributed by atoms with Crippen LogP contribution in [0.2, 0.25) is 0 Å². The molecule has 1 saturated heterocycles. The zero-order valence-corrected chi connectivity index (χ0v) is 27.6. The molecule has 1 amide bonds. The van der Waals surface area contributed by atoms with Crippen molar-refractivity contribution in [1.29, 1.82) is 0 Å². The van der Waals surface area contributed by atoms with Gasteiger partial charge in [-0.25, -0.2) is 13.6 Å². The second-order valence-electron chi connectivity index (χ2n) is 12.3. The number of nitrogens with one attached hydrogen (secondary N) is 1. The number of rotatable bonds is 16. The van der Waals surface area contributed by atoms with Crippen LogP contribution < -0.4 is 16.7 Å². The third kappa shape index (κ3) is 10.9. The van der Waals surface area contributed by atoms with Gasteiger partial charge in [-0.05, 0) is 65.5 Å². The van der Waals surface area contributed by atoms with Crippen LogP contribution in [0.5, 0.6) is 0 Å². The van der Waals surface area contributed by atoms with E-state index < -0.39 is 29.5 Å². The van der Waals surface area contributed by atoms with Crippen LogP contribution in [0, 0.1) is 17.0 Å². The Kier molecular flexibility index (Phi) is 13.2. The third-order valence-corrected chi connectivity index (χ3v) is 10.4. The number of benzene rings is 2. The summed E-state index contributed by atoms with van der Waals surface area (Å²) in [6.45, 7) is 3.59. The Labute approximate surface area is 276 Å². The molecule has 9 nitrogen and oxygen atoms in total. The molecule has 4 rings (SSSR count). The van der Waals surface area contributed by atoms with Crippen molar-refractivity contribution in [1.82, 2.24) is 9.55 Å². The summed E-state index contributed by atoms with van der Waals surface area (Å²) >= 11 is 3.47. The quantitative estimate of drug-likeness (QED) is 0.157. The molecular formula is C33H42F2N4O5S2. The first-order valence-corrected chi connectivity index (χ1v) is 17.4. The molecule has 250 valence electrons. The maximum Gasteiger partial charge on any atom is 0.351 e. The van der Waals surface area contributed by atoms with Gasteiger partial charge in [0.05, 0.1) is 12.7 Å². The van der Waals surface area contributed by atoms with Gasteiger partial charge in [-0.1, -0.05) is 38.1 Å². The number of amides is 1. The van der Waals surface area contributed by atoms with Gasteiger partial charge in [0.2, 0.25) is 5.91 Å². The van der Waals surface area contributed by atoms with Crippen LogP contribution in [0.1, 0.15) is 56.9 Å². The highest BCUT2D eigenvalue weighted by Crippen LogP contribution is 2.33. The summed E-state index contributed by atoms with van der Waals surface area (Å²) in [6, 6.07) is 14.2. The molecule has 0 aliphatic carbocycles. The maximum atomic E-state index is 13.4. The molecule has 46 heavy (non-hydrogen) atoms. The largest absolute Gasteiger partial charge is 0.394 e. The van der Waals surface area contributed by atoms with Crippen LogP contribution in [0.15, 0.2) is 65.6 Å². The summed E-state index contributed by atoms with van der Waals surface area (Å²) in [7, 11) is 0. The maximum absolute atomic E-state index is 13.4. The minimum absolute atomic E-state index is 0.0733. The fourth-order valence-electron chi connectivity index (χ4n) is 5.39. The molecule has 13 heteroatoms. The van der Waals surface area contributed by atoms with E-state index in [1.165, 1.54) is 41.1 Å². The summed E-state index contributed by atoms with van der Waals surface area (Å²) in [5, 5.41) is 22.1. The van der Waals surface area contributed by atoms with E-state index in [4.69, 9.17) is 10.5 Å². The lowest BCUT2D eigenvalue weighted by atomic mass is 9.81. The SMILES string of the molecule is CC(C)(CC(=O)Nc1ccn([C@H]2CC(O)[C@@H](CO)O2)c(=O)n1)CC(N)C(CCSCc1ccc(F)cc1)SCc1ccc(F)cc1. The minimum Gasteiger partial charge on any atom is -0.394 e. The van der Waals surface area contributed by atoms with E-state index in [9.17, 15) is 28.6 Å². The Balaban J connectivity index is 1.32. The molecule has 3 unspecified atom stereocenters. The Morgan fingerprint density at radius 2 is 1.74 bits per heavy atom. The smallest absolute Gasteiger partial charge is 0.351 e. The number of aliphatic hydroxyl groups excluding tert-OH is 2.